The lowest BCUT2D eigenvalue weighted by molar-refractivity contribution is -0.384. The van der Waals surface area contributed by atoms with Gasteiger partial charge < -0.3 is 10.4 Å². The van der Waals surface area contributed by atoms with Crippen LogP contribution in [0.4, 0.5) is 5.69 Å². The van der Waals surface area contributed by atoms with E-state index in [1.54, 1.807) is 6.92 Å². The standard InChI is InChI=1S/C13H16N2O5/c1-9(7-12(16)17)5-6-14-13(18)10-3-2-4-11(8-10)15(19)20/h2-4,8-9H,5-7H2,1H3,(H,14,18)(H,16,17)/t9-/m0/s1. The highest BCUT2D eigenvalue weighted by molar-refractivity contribution is 5.94. The normalized spacial score (nSPS) is 11.7. The van der Waals surface area contributed by atoms with Crippen molar-refractivity contribution in [3.63, 3.8) is 0 Å². The number of carboxylic acids is 1. The molecular weight excluding hydrogens is 264 g/mol. The van der Waals surface area contributed by atoms with Crippen molar-refractivity contribution in [1.82, 2.24) is 5.32 Å². The molecule has 108 valence electrons. The fourth-order valence-corrected chi connectivity index (χ4v) is 1.70. The molecule has 0 aliphatic heterocycles. The van der Waals surface area contributed by atoms with Gasteiger partial charge in [0.2, 0.25) is 0 Å². The van der Waals surface area contributed by atoms with Crippen LogP contribution in [-0.4, -0.2) is 28.5 Å². The average Bonchev–Trinajstić information content (AvgIpc) is 2.37. The number of hydrogen-bond donors (Lipinski definition) is 2. The van der Waals surface area contributed by atoms with Crippen molar-refractivity contribution in [3.05, 3.63) is 39.9 Å². The molecule has 1 rings (SSSR count). The Balaban J connectivity index is 2.49. The molecule has 0 spiro atoms. The van der Waals surface area contributed by atoms with Crippen LogP contribution in [0.25, 0.3) is 0 Å². The first kappa shape index (κ1) is 15.6. The molecule has 0 aromatic heterocycles. The first-order valence-corrected chi connectivity index (χ1v) is 6.14. The van der Waals surface area contributed by atoms with Crippen LogP contribution in [-0.2, 0) is 4.79 Å². The fourth-order valence-electron chi connectivity index (χ4n) is 1.70. The Morgan fingerprint density at radius 1 is 1.45 bits per heavy atom. The summed E-state index contributed by atoms with van der Waals surface area (Å²) < 4.78 is 0. The van der Waals surface area contributed by atoms with E-state index in [1.165, 1.54) is 24.3 Å². The summed E-state index contributed by atoms with van der Waals surface area (Å²) in [6.07, 6.45) is 0.583. The molecule has 7 nitrogen and oxygen atoms in total. The van der Waals surface area contributed by atoms with Gasteiger partial charge in [0.05, 0.1) is 4.92 Å². The highest BCUT2D eigenvalue weighted by Crippen LogP contribution is 2.13. The van der Waals surface area contributed by atoms with Gasteiger partial charge in [-0.05, 0) is 18.4 Å². The van der Waals surface area contributed by atoms with E-state index in [2.05, 4.69) is 5.32 Å². The number of nitrogens with one attached hydrogen (secondary N) is 1. The maximum atomic E-state index is 11.8. The van der Waals surface area contributed by atoms with Gasteiger partial charge in [-0.3, -0.25) is 19.7 Å². The van der Waals surface area contributed by atoms with Crippen LogP contribution in [0.1, 0.15) is 30.1 Å². The summed E-state index contributed by atoms with van der Waals surface area (Å²) in [6.45, 7) is 2.11. The van der Waals surface area contributed by atoms with Crippen LogP contribution in [0.5, 0.6) is 0 Å². The number of rotatable bonds is 7. The monoisotopic (exact) mass is 280 g/mol. The molecule has 0 unspecified atom stereocenters. The third-order valence-corrected chi connectivity index (χ3v) is 2.76. The Bertz CT molecular complexity index is 515. The number of nitrogens with zero attached hydrogens (tertiary/aromatic N) is 1. The number of non-ortho nitro benzene ring substituents is 1. The minimum atomic E-state index is -0.873. The predicted molar refractivity (Wildman–Crippen MR) is 71.5 cm³/mol. The molecule has 0 bridgehead atoms. The molecule has 1 aromatic carbocycles. The molecule has 1 aromatic rings. The minimum Gasteiger partial charge on any atom is -0.481 e. The zero-order valence-electron chi connectivity index (χ0n) is 11.0. The van der Waals surface area contributed by atoms with Crippen LogP contribution in [0, 0.1) is 16.0 Å². The maximum absolute atomic E-state index is 11.8. The van der Waals surface area contributed by atoms with Gasteiger partial charge in [0.25, 0.3) is 11.6 Å². The molecule has 0 fully saturated rings. The third-order valence-electron chi connectivity index (χ3n) is 2.76. The van der Waals surface area contributed by atoms with E-state index in [9.17, 15) is 19.7 Å². The molecule has 0 saturated carbocycles. The second-order valence-electron chi connectivity index (χ2n) is 4.56. The number of amides is 1. The number of benzene rings is 1. The van der Waals surface area contributed by atoms with Crippen LogP contribution >= 0.6 is 0 Å². The lowest BCUT2D eigenvalue weighted by Crippen LogP contribution is -2.26. The van der Waals surface area contributed by atoms with E-state index >= 15 is 0 Å². The van der Waals surface area contributed by atoms with Gasteiger partial charge in [0, 0.05) is 30.7 Å². The Hall–Kier alpha value is -2.44. The SMILES string of the molecule is C[C@@H](CCNC(=O)c1cccc([N+](=O)[O-])c1)CC(=O)O. The van der Waals surface area contributed by atoms with Crippen molar-refractivity contribution < 1.29 is 19.6 Å². The summed E-state index contributed by atoms with van der Waals surface area (Å²) in [4.78, 5) is 32.3. The zero-order chi connectivity index (χ0) is 15.1. The first-order chi connectivity index (χ1) is 9.40. The van der Waals surface area contributed by atoms with Gasteiger partial charge in [0.1, 0.15) is 0 Å². The van der Waals surface area contributed by atoms with E-state index in [1.807, 2.05) is 0 Å². The summed E-state index contributed by atoms with van der Waals surface area (Å²) >= 11 is 0. The summed E-state index contributed by atoms with van der Waals surface area (Å²) in [5, 5.41) is 21.8. The van der Waals surface area contributed by atoms with Crippen molar-refractivity contribution >= 4 is 17.6 Å². The molecule has 0 radical (unpaired) electrons. The molecule has 2 N–H and O–H groups in total. The van der Waals surface area contributed by atoms with Gasteiger partial charge in [-0.2, -0.15) is 0 Å². The molecule has 20 heavy (non-hydrogen) atoms. The Morgan fingerprint density at radius 3 is 2.75 bits per heavy atom. The molecule has 1 amide bonds. The molecule has 0 heterocycles. The molecular formula is C13H16N2O5. The molecule has 7 heteroatoms. The quantitative estimate of drug-likeness (QED) is 0.584. The third kappa shape index (κ3) is 5.05. The first-order valence-electron chi connectivity index (χ1n) is 6.14. The Labute approximate surface area is 115 Å². The zero-order valence-corrected chi connectivity index (χ0v) is 11.0. The number of carboxylic acid groups (broad SMARTS) is 1. The minimum absolute atomic E-state index is 0.0436. The fraction of sp³-hybridized carbons (Fsp3) is 0.385. The van der Waals surface area contributed by atoms with Crippen molar-refractivity contribution in [2.45, 2.75) is 19.8 Å². The molecule has 0 aliphatic carbocycles. The number of nitro groups is 1. The van der Waals surface area contributed by atoms with Gasteiger partial charge in [-0.15, -0.1) is 0 Å². The van der Waals surface area contributed by atoms with E-state index in [4.69, 9.17) is 5.11 Å². The van der Waals surface area contributed by atoms with Crippen molar-refractivity contribution in [1.29, 1.82) is 0 Å². The maximum Gasteiger partial charge on any atom is 0.303 e. The van der Waals surface area contributed by atoms with Crippen molar-refractivity contribution in [2.24, 2.45) is 5.92 Å². The molecule has 1 atom stereocenters. The van der Waals surface area contributed by atoms with Crippen molar-refractivity contribution in [3.8, 4) is 0 Å². The number of hydrogen-bond acceptors (Lipinski definition) is 4. The van der Waals surface area contributed by atoms with Crippen LogP contribution in [0.3, 0.4) is 0 Å². The van der Waals surface area contributed by atoms with E-state index in [0.717, 1.165) is 0 Å². The Kier molecular flexibility index (Phi) is 5.64. The van der Waals surface area contributed by atoms with Crippen LogP contribution < -0.4 is 5.32 Å². The topological polar surface area (TPSA) is 110 Å². The smallest absolute Gasteiger partial charge is 0.303 e. The summed E-state index contributed by atoms with van der Waals surface area (Å²) in [5.41, 5.74) is 0.0713. The highest BCUT2D eigenvalue weighted by Gasteiger charge is 2.12. The predicted octanol–water partition coefficient (Wildman–Crippen LogP) is 1.83. The molecule has 0 aliphatic rings. The number of carbonyl (C=O) groups is 2. The second-order valence-corrected chi connectivity index (χ2v) is 4.56. The van der Waals surface area contributed by atoms with Gasteiger partial charge in [-0.25, -0.2) is 0 Å². The summed E-state index contributed by atoms with van der Waals surface area (Å²) in [5.74, 6) is -1.32. The van der Waals surface area contributed by atoms with Crippen LogP contribution in [0.2, 0.25) is 0 Å². The van der Waals surface area contributed by atoms with E-state index in [0.29, 0.717) is 13.0 Å². The van der Waals surface area contributed by atoms with E-state index < -0.39 is 16.8 Å². The van der Waals surface area contributed by atoms with Crippen LogP contribution in [0.15, 0.2) is 24.3 Å². The van der Waals surface area contributed by atoms with Gasteiger partial charge >= 0.3 is 5.97 Å². The van der Waals surface area contributed by atoms with Gasteiger partial charge in [-0.1, -0.05) is 13.0 Å². The summed E-state index contributed by atoms with van der Waals surface area (Å²) in [6, 6.07) is 5.45. The number of carbonyl (C=O) groups excluding carboxylic acids is 1. The lowest BCUT2D eigenvalue weighted by Gasteiger charge is -2.09. The second kappa shape index (κ2) is 7.22. The number of nitro benzene ring substituents is 1. The lowest BCUT2D eigenvalue weighted by atomic mass is 10.0. The Morgan fingerprint density at radius 2 is 2.15 bits per heavy atom. The largest absolute Gasteiger partial charge is 0.481 e. The van der Waals surface area contributed by atoms with E-state index in [-0.39, 0.29) is 23.6 Å². The highest BCUT2D eigenvalue weighted by atomic mass is 16.6. The molecule has 0 saturated heterocycles. The van der Waals surface area contributed by atoms with Gasteiger partial charge in [0.15, 0.2) is 0 Å². The summed E-state index contributed by atoms with van der Waals surface area (Å²) in [7, 11) is 0. The average molecular weight is 280 g/mol. The van der Waals surface area contributed by atoms with Crippen molar-refractivity contribution in [2.75, 3.05) is 6.54 Å². The number of aliphatic carboxylic acids is 1.